The Morgan fingerprint density at radius 3 is 2.71 bits per heavy atom. The lowest BCUT2D eigenvalue weighted by Gasteiger charge is -2.24. The van der Waals surface area contributed by atoms with E-state index in [1.165, 1.54) is 13.2 Å². The lowest BCUT2D eigenvalue weighted by Crippen LogP contribution is -2.45. The first kappa shape index (κ1) is 23.9. The number of carbonyl (C=O) groups excluding carboxylic acids is 2. The Labute approximate surface area is 204 Å². The number of rotatable bonds is 4. The first-order valence-corrected chi connectivity index (χ1v) is 11.5. The second kappa shape index (κ2) is 9.21. The molecule has 0 bridgehead atoms. The van der Waals surface area contributed by atoms with Crippen LogP contribution >= 0.6 is 15.9 Å². The Morgan fingerprint density at radius 2 is 2.03 bits per heavy atom. The van der Waals surface area contributed by atoms with E-state index in [2.05, 4.69) is 36.2 Å². The van der Waals surface area contributed by atoms with Gasteiger partial charge in [0.05, 0.1) is 40.3 Å². The molecule has 0 saturated carbocycles. The lowest BCUT2D eigenvalue weighted by atomic mass is 10.0. The van der Waals surface area contributed by atoms with E-state index >= 15 is 0 Å². The van der Waals surface area contributed by atoms with E-state index in [1.807, 2.05) is 4.90 Å². The van der Waals surface area contributed by atoms with E-state index in [9.17, 15) is 14.0 Å². The highest BCUT2D eigenvalue weighted by molar-refractivity contribution is 9.10. The maximum absolute atomic E-state index is 14.2. The van der Waals surface area contributed by atoms with Gasteiger partial charge in [0.15, 0.2) is 5.82 Å². The van der Waals surface area contributed by atoms with Crippen LogP contribution in [0.25, 0.3) is 22.4 Å². The number of hydrogen-bond donors (Lipinski definition) is 2. The number of pyridine rings is 1. The summed E-state index contributed by atoms with van der Waals surface area (Å²) in [4.78, 5) is 38.7. The molecule has 3 heterocycles. The van der Waals surface area contributed by atoms with Gasteiger partial charge < -0.3 is 24.7 Å². The monoisotopic (exact) mass is 533 g/mol. The molecule has 2 atom stereocenters. The molecule has 2 aromatic heterocycles. The van der Waals surface area contributed by atoms with Gasteiger partial charge in [0.25, 0.3) is 0 Å². The van der Waals surface area contributed by atoms with E-state index in [4.69, 9.17) is 9.47 Å². The molecule has 4 rings (SSSR count). The number of imidazole rings is 1. The van der Waals surface area contributed by atoms with Gasteiger partial charge in [-0.15, -0.1) is 0 Å². The van der Waals surface area contributed by atoms with Crippen LogP contribution in [0, 0.1) is 11.7 Å². The normalized spacial score (nSPS) is 18.2. The quantitative estimate of drug-likeness (QED) is 0.487. The molecule has 9 nitrogen and oxygen atoms in total. The van der Waals surface area contributed by atoms with Crippen molar-refractivity contribution in [1.29, 1.82) is 0 Å². The van der Waals surface area contributed by atoms with E-state index < -0.39 is 35.4 Å². The van der Waals surface area contributed by atoms with Crippen LogP contribution in [0.5, 0.6) is 0 Å². The molecule has 180 valence electrons. The van der Waals surface area contributed by atoms with Crippen molar-refractivity contribution in [2.75, 3.05) is 25.1 Å². The lowest BCUT2D eigenvalue weighted by molar-refractivity contribution is -0.145. The highest BCUT2D eigenvalue weighted by Crippen LogP contribution is 2.39. The van der Waals surface area contributed by atoms with Gasteiger partial charge in [0.1, 0.15) is 16.9 Å². The van der Waals surface area contributed by atoms with Crippen LogP contribution in [0.3, 0.4) is 0 Å². The predicted molar refractivity (Wildman–Crippen MR) is 128 cm³/mol. The van der Waals surface area contributed by atoms with Crippen molar-refractivity contribution < 1.29 is 23.5 Å². The fraction of sp³-hybridized carbons (Fsp3) is 0.391. The van der Waals surface area contributed by atoms with Gasteiger partial charge in [-0.2, -0.15) is 0 Å². The number of nitrogens with zero attached hydrogens (tertiary/aromatic N) is 3. The molecule has 2 N–H and O–H groups in total. The molecule has 1 aromatic carbocycles. The summed E-state index contributed by atoms with van der Waals surface area (Å²) in [6.07, 6.45) is 2.64. The van der Waals surface area contributed by atoms with Crippen molar-refractivity contribution in [2.24, 2.45) is 5.92 Å². The van der Waals surface area contributed by atoms with Crippen LogP contribution < -0.4 is 10.2 Å². The Morgan fingerprint density at radius 1 is 1.26 bits per heavy atom. The molecule has 0 unspecified atom stereocenters. The Balaban J connectivity index is 1.69. The number of halogens is 2. The third-order valence-electron chi connectivity index (χ3n) is 5.43. The van der Waals surface area contributed by atoms with Crippen LogP contribution in [0.4, 0.5) is 14.9 Å². The summed E-state index contributed by atoms with van der Waals surface area (Å²) in [6.45, 7) is 5.88. The fourth-order valence-corrected chi connectivity index (χ4v) is 4.61. The molecule has 0 radical (unpaired) electrons. The largest absolute Gasteiger partial charge is 0.469 e. The molecule has 34 heavy (non-hydrogen) atoms. The SMILES string of the molecule is COC(=O)[C@@H]1CN(c2c(Br)cncc2-c2nc3c(F)cccc3[nH]2)C[C@H]1NC(=O)OC(C)(C)C. The molecule has 1 aliphatic heterocycles. The van der Waals surface area contributed by atoms with Gasteiger partial charge >= 0.3 is 12.1 Å². The molecule has 0 aliphatic carbocycles. The number of alkyl carbamates (subject to hydrolysis) is 1. The number of esters is 1. The highest BCUT2D eigenvalue weighted by Gasteiger charge is 2.41. The van der Waals surface area contributed by atoms with Crippen molar-refractivity contribution in [2.45, 2.75) is 32.4 Å². The van der Waals surface area contributed by atoms with Gasteiger partial charge in [0, 0.05) is 25.5 Å². The summed E-state index contributed by atoms with van der Waals surface area (Å²) in [6, 6.07) is 4.14. The summed E-state index contributed by atoms with van der Waals surface area (Å²) < 4.78 is 25.3. The maximum Gasteiger partial charge on any atom is 0.407 e. The van der Waals surface area contributed by atoms with E-state index in [0.717, 1.165) is 0 Å². The predicted octanol–water partition coefficient (Wildman–Crippen LogP) is 4.03. The minimum Gasteiger partial charge on any atom is -0.469 e. The Kier molecular flexibility index (Phi) is 6.48. The average molecular weight is 534 g/mol. The number of ether oxygens (including phenoxy) is 2. The molecule has 1 aliphatic rings. The number of benzene rings is 1. The second-order valence-electron chi connectivity index (χ2n) is 9.03. The van der Waals surface area contributed by atoms with Crippen LogP contribution in [-0.4, -0.2) is 58.9 Å². The first-order valence-electron chi connectivity index (χ1n) is 10.7. The van der Waals surface area contributed by atoms with Crippen molar-refractivity contribution >= 4 is 44.7 Å². The van der Waals surface area contributed by atoms with Crippen LogP contribution in [-0.2, 0) is 14.3 Å². The number of nitrogens with one attached hydrogen (secondary N) is 2. The molecule has 1 amide bonds. The van der Waals surface area contributed by atoms with E-state index in [-0.39, 0.29) is 12.1 Å². The van der Waals surface area contributed by atoms with Crippen LogP contribution in [0.1, 0.15) is 20.8 Å². The van der Waals surface area contributed by atoms with Crippen LogP contribution in [0.15, 0.2) is 35.1 Å². The van der Waals surface area contributed by atoms with Crippen molar-refractivity contribution in [1.82, 2.24) is 20.3 Å². The summed E-state index contributed by atoms with van der Waals surface area (Å²) in [5.41, 5.74) is 1.42. The fourth-order valence-electron chi connectivity index (χ4n) is 4.03. The minimum atomic E-state index is -0.680. The third-order valence-corrected chi connectivity index (χ3v) is 6.01. The zero-order valence-electron chi connectivity index (χ0n) is 19.2. The number of methoxy groups -OCH3 is 1. The number of carbonyl (C=O) groups is 2. The topological polar surface area (TPSA) is 109 Å². The molecule has 11 heteroatoms. The number of para-hydroxylation sites is 1. The summed E-state index contributed by atoms with van der Waals surface area (Å²) in [5.74, 6) is -1.07. The molecular formula is C23H25BrFN5O4. The molecule has 0 spiro atoms. The molecular weight excluding hydrogens is 509 g/mol. The summed E-state index contributed by atoms with van der Waals surface area (Å²) >= 11 is 3.55. The zero-order valence-corrected chi connectivity index (χ0v) is 20.8. The number of hydrogen-bond acceptors (Lipinski definition) is 7. The molecule has 1 saturated heterocycles. The molecule has 3 aromatic rings. The van der Waals surface area contributed by atoms with E-state index in [0.29, 0.717) is 33.6 Å². The first-order chi connectivity index (χ1) is 16.1. The second-order valence-corrected chi connectivity index (χ2v) is 9.88. The van der Waals surface area contributed by atoms with Gasteiger partial charge in [-0.3, -0.25) is 9.78 Å². The van der Waals surface area contributed by atoms with Crippen molar-refractivity contribution in [3.8, 4) is 11.4 Å². The standard InChI is InChI=1S/C23H25BrFN5O4/c1-23(2,3)34-22(32)28-17-11-30(10-13(17)21(31)33-4)19-12(8-26-9-14(19)24)20-27-16-7-5-6-15(25)18(16)29-20/h5-9,13,17H,10-11H2,1-4H3,(H,27,29)(H,28,32)/t13-,17-/m1/s1. The number of aromatic amines is 1. The number of amides is 1. The smallest absolute Gasteiger partial charge is 0.407 e. The molecule has 1 fully saturated rings. The summed E-state index contributed by atoms with van der Waals surface area (Å²) in [7, 11) is 1.31. The van der Waals surface area contributed by atoms with Gasteiger partial charge in [-0.25, -0.2) is 14.2 Å². The third kappa shape index (κ3) is 4.84. The maximum atomic E-state index is 14.2. The van der Waals surface area contributed by atoms with E-state index in [1.54, 1.807) is 45.3 Å². The Hall–Kier alpha value is -3.21. The number of H-pyrrole nitrogens is 1. The van der Waals surface area contributed by atoms with Gasteiger partial charge in [0.2, 0.25) is 0 Å². The zero-order chi connectivity index (χ0) is 24.6. The Bertz CT molecular complexity index is 1240. The average Bonchev–Trinajstić information content (AvgIpc) is 3.37. The van der Waals surface area contributed by atoms with Crippen LogP contribution in [0.2, 0.25) is 0 Å². The number of fused-ring (bicyclic) bond motifs is 1. The van der Waals surface area contributed by atoms with Crippen molar-refractivity contribution in [3.05, 3.63) is 40.9 Å². The van der Waals surface area contributed by atoms with Gasteiger partial charge in [-0.1, -0.05) is 6.07 Å². The van der Waals surface area contributed by atoms with Crippen molar-refractivity contribution in [3.63, 3.8) is 0 Å². The number of aromatic nitrogens is 3. The summed E-state index contributed by atoms with van der Waals surface area (Å²) in [5, 5.41) is 2.80. The van der Waals surface area contributed by atoms with Gasteiger partial charge in [-0.05, 0) is 48.8 Å². The number of anilines is 1. The highest BCUT2D eigenvalue weighted by atomic mass is 79.9. The minimum absolute atomic E-state index is 0.224.